The maximum Gasteiger partial charge on any atom is 0.199 e. The third-order valence-corrected chi connectivity index (χ3v) is 5.99. The van der Waals surface area contributed by atoms with E-state index in [0.29, 0.717) is 13.0 Å². The molecule has 2 rings (SSSR count). The normalized spacial score (nSPS) is 20.9. The highest BCUT2D eigenvalue weighted by Crippen LogP contribution is 2.32. The van der Waals surface area contributed by atoms with Crippen LogP contribution in [-0.4, -0.2) is 22.8 Å². The maximum atomic E-state index is 12.0. The van der Waals surface area contributed by atoms with E-state index in [2.05, 4.69) is 32.6 Å². The molecule has 0 bridgehead atoms. The molecule has 27 heavy (non-hydrogen) atoms. The second kappa shape index (κ2) is 10.3. The van der Waals surface area contributed by atoms with Crippen molar-refractivity contribution in [3.8, 4) is 5.75 Å². The van der Waals surface area contributed by atoms with E-state index in [-0.39, 0.29) is 16.1 Å². The van der Waals surface area contributed by atoms with Crippen molar-refractivity contribution in [1.29, 1.82) is 0 Å². The van der Waals surface area contributed by atoms with Crippen LogP contribution in [0.15, 0.2) is 60.2 Å². The van der Waals surface area contributed by atoms with Gasteiger partial charge in [0.25, 0.3) is 0 Å². The van der Waals surface area contributed by atoms with Crippen molar-refractivity contribution in [3.63, 3.8) is 0 Å². The summed E-state index contributed by atoms with van der Waals surface area (Å²) in [6.45, 7) is 10.3. The first-order valence-corrected chi connectivity index (χ1v) is 10.3. The fourth-order valence-corrected chi connectivity index (χ4v) is 3.96. The van der Waals surface area contributed by atoms with Gasteiger partial charge < -0.3 is 4.74 Å². The maximum absolute atomic E-state index is 12.0. The molecule has 2 atom stereocenters. The van der Waals surface area contributed by atoms with Crippen LogP contribution in [0.1, 0.15) is 39.2 Å². The highest BCUT2D eigenvalue weighted by atomic mass is 32.2. The largest absolute Gasteiger partial charge is 0.493 e. The minimum absolute atomic E-state index is 0.0117. The molecule has 1 aliphatic heterocycles. The fraction of sp³-hybridized carbons (Fsp3) is 0.391. The van der Waals surface area contributed by atoms with Crippen molar-refractivity contribution in [2.45, 2.75) is 45.3 Å². The van der Waals surface area contributed by atoms with E-state index in [4.69, 9.17) is 4.74 Å². The van der Waals surface area contributed by atoms with E-state index >= 15 is 0 Å². The lowest BCUT2D eigenvalue weighted by atomic mass is 10.0. The second-order valence-electron chi connectivity index (χ2n) is 6.81. The lowest BCUT2D eigenvalue weighted by Gasteiger charge is -2.09. The number of benzene rings is 1. The average molecular weight is 385 g/mol. The van der Waals surface area contributed by atoms with Gasteiger partial charge in [0.1, 0.15) is 5.75 Å². The third-order valence-electron chi connectivity index (χ3n) is 4.72. The molecule has 0 spiro atoms. The van der Waals surface area contributed by atoms with Crippen LogP contribution in [-0.2, 0) is 16.0 Å². The molecule has 0 N–H and O–H groups in total. The van der Waals surface area contributed by atoms with Gasteiger partial charge in [0, 0.05) is 6.42 Å². The summed E-state index contributed by atoms with van der Waals surface area (Å²) < 4.78 is 5.81. The minimum Gasteiger partial charge on any atom is -0.493 e. The van der Waals surface area contributed by atoms with Crippen LogP contribution in [0, 0.1) is 5.92 Å². The molecule has 0 aliphatic carbocycles. The van der Waals surface area contributed by atoms with Gasteiger partial charge in [-0.25, -0.2) is 0 Å². The Balaban J connectivity index is 1.81. The fourth-order valence-electron chi connectivity index (χ4n) is 2.77. The Morgan fingerprint density at radius 3 is 2.48 bits per heavy atom. The van der Waals surface area contributed by atoms with Gasteiger partial charge in [-0.15, -0.1) is 0 Å². The summed E-state index contributed by atoms with van der Waals surface area (Å²) in [5.74, 6) is 0.398. The smallest absolute Gasteiger partial charge is 0.199 e. The summed E-state index contributed by atoms with van der Waals surface area (Å²) in [6, 6.07) is 7.80. The highest BCUT2D eigenvalue weighted by molar-refractivity contribution is 8.15. The van der Waals surface area contributed by atoms with Gasteiger partial charge in [0.2, 0.25) is 0 Å². The molecule has 0 radical (unpaired) electrons. The highest BCUT2D eigenvalue weighted by Gasteiger charge is 2.38. The van der Waals surface area contributed by atoms with Gasteiger partial charge >= 0.3 is 0 Å². The average Bonchev–Trinajstić information content (AvgIpc) is 2.91. The molecule has 2 unspecified atom stereocenters. The van der Waals surface area contributed by atoms with E-state index in [9.17, 15) is 9.59 Å². The predicted molar refractivity (Wildman–Crippen MR) is 113 cm³/mol. The van der Waals surface area contributed by atoms with Gasteiger partial charge in [0.05, 0.1) is 17.8 Å². The van der Waals surface area contributed by atoms with Crippen molar-refractivity contribution in [1.82, 2.24) is 0 Å². The van der Waals surface area contributed by atoms with Gasteiger partial charge in [0.15, 0.2) is 10.9 Å². The Hall–Kier alpha value is -2.07. The van der Waals surface area contributed by atoms with Crippen molar-refractivity contribution in [3.05, 3.63) is 65.8 Å². The lowest BCUT2D eigenvalue weighted by molar-refractivity contribution is -0.125. The predicted octanol–water partition coefficient (Wildman–Crippen LogP) is 5.31. The van der Waals surface area contributed by atoms with E-state index in [1.165, 1.54) is 22.9 Å². The van der Waals surface area contributed by atoms with Crippen LogP contribution in [0.3, 0.4) is 0 Å². The van der Waals surface area contributed by atoms with Gasteiger partial charge in [-0.1, -0.05) is 61.2 Å². The van der Waals surface area contributed by atoms with E-state index in [1.807, 2.05) is 30.3 Å². The van der Waals surface area contributed by atoms with Crippen LogP contribution in [0.5, 0.6) is 5.75 Å². The SMILES string of the molecule is C=CC(=CC=C(C)CCOc1ccc(CC2SC(=O)C(C)C2=O)cc1)CC. The van der Waals surface area contributed by atoms with Gasteiger partial charge in [-0.2, -0.15) is 0 Å². The summed E-state index contributed by atoms with van der Waals surface area (Å²) in [7, 11) is 0. The van der Waals surface area contributed by atoms with Crippen molar-refractivity contribution >= 4 is 22.7 Å². The molecule has 144 valence electrons. The monoisotopic (exact) mass is 384 g/mol. The van der Waals surface area contributed by atoms with Crippen LogP contribution in [0.4, 0.5) is 0 Å². The summed E-state index contributed by atoms with van der Waals surface area (Å²) in [5, 5.41) is -0.258. The molecule has 1 fully saturated rings. The lowest BCUT2D eigenvalue weighted by Crippen LogP contribution is -2.19. The molecule has 1 saturated heterocycles. The molecule has 0 aromatic heterocycles. The molecule has 1 heterocycles. The first-order chi connectivity index (χ1) is 12.9. The second-order valence-corrected chi connectivity index (χ2v) is 8.02. The molecule has 0 amide bonds. The van der Waals surface area contributed by atoms with E-state index < -0.39 is 5.92 Å². The Bertz CT molecular complexity index is 743. The van der Waals surface area contributed by atoms with Crippen LogP contribution >= 0.6 is 11.8 Å². The molecular formula is C23H28O3S. The molecule has 1 aliphatic rings. The summed E-state index contributed by atoms with van der Waals surface area (Å²) >= 11 is 1.17. The molecule has 1 aromatic rings. The molecule has 4 heteroatoms. The zero-order valence-electron chi connectivity index (χ0n) is 16.4. The topological polar surface area (TPSA) is 43.4 Å². The zero-order valence-corrected chi connectivity index (χ0v) is 17.2. The van der Waals surface area contributed by atoms with Crippen LogP contribution < -0.4 is 4.74 Å². The van der Waals surface area contributed by atoms with Crippen LogP contribution in [0.2, 0.25) is 0 Å². The molecular weight excluding hydrogens is 356 g/mol. The number of Topliss-reactive ketones (excluding diaryl/α,β-unsaturated/α-hetero) is 1. The number of thioether (sulfide) groups is 1. The van der Waals surface area contributed by atoms with Crippen LogP contribution in [0.25, 0.3) is 0 Å². The molecule has 1 aromatic carbocycles. The van der Waals surface area contributed by atoms with E-state index in [1.54, 1.807) is 6.92 Å². The third kappa shape index (κ3) is 6.24. The standard InChI is InChI=1S/C23H28O3S/c1-5-18(6-2)8-7-16(3)13-14-26-20-11-9-19(10-12-20)15-21-22(24)17(4)23(25)27-21/h5,7-12,17,21H,1,6,13-15H2,2-4H3. The number of carbonyl (C=O) groups is 2. The Morgan fingerprint density at radius 2 is 1.93 bits per heavy atom. The number of carbonyl (C=O) groups excluding carboxylic acids is 2. The summed E-state index contributed by atoms with van der Waals surface area (Å²) in [4.78, 5) is 23.7. The quantitative estimate of drug-likeness (QED) is 0.427. The number of ketones is 1. The first-order valence-electron chi connectivity index (χ1n) is 9.39. The van der Waals surface area contributed by atoms with Gasteiger partial charge in [-0.05, 0) is 50.0 Å². The van der Waals surface area contributed by atoms with E-state index in [0.717, 1.165) is 24.2 Å². The number of rotatable bonds is 9. The number of hydrogen-bond donors (Lipinski definition) is 0. The Labute approximate surface area is 166 Å². The Morgan fingerprint density at radius 1 is 1.22 bits per heavy atom. The van der Waals surface area contributed by atoms with Crippen molar-refractivity contribution < 1.29 is 14.3 Å². The molecule has 3 nitrogen and oxygen atoms in total. The number of ether oxygens (including phenoxy) is 1. The number of hydrogen-bond acceptors (Lipinski definition) is 4. The Kier molecular flexibility index (Phi) is 8.11. The zero-order chi connectivity index (χ0) is 19.8. The molecule has 0 saturated carbocycles. The minimum atomic E-state index is -0.464. The van der Waals surface area contributed by atoms with Crippen molar-refractivity contribution in [2.24, 2.45) is 5.92 Å². The summed E-state index contributed by atoms with van der Waals surface area (Å²) in [6.07, 6.45) is 8.54. The van der Waals surface area contributed by atoms with Crippen molar-refractivity contribution in [2.75, 3.05) is 6.61 Å². The first kappa shape index (κ1) is 21.2. The summed E-state index contributed by atoms with van der Waals surface area (Å²) in [5.41, 5.74) is 3.53. The van der Waals surface area contributed by atoms with Gasteiger partial charge in [-0.3, -0.25) is 9.59 Å². The number of allylic oxidation sites excluding steroid dienone is 4.